The Labute approximate surface area is 275 Å². The molecule has 2 saturated carbocycles. The lowest BCUT2D eigenvalue weighted by Gasteiger charge is -2.18. The Hall–Kier alpha value is -4.34. The Morgan fingerprint density at radius 1 is 0.565 bits per heavy atom. The van der Waals surface area contributed by atoms with Crippen LogP contribution in [0.25, 0.3) is 33.2 Å². The van der Waals surface area contributed by atoms with Gasteiger partial charge in [0.05, 0.1) is 55.3 Å². The summed E-state index contributed by atoms with van der Waals surface area (Å²) in [6.07, 6.45) is 4.33. The zero-order chi connectivity index (χ0) is 31.9. The molecular formula is C36H32Cl2N6O2. The van der Waals surface area contributed by atoms with Crippen molar-refractivity contribution in [3.05, 3.63) is 139 Å². The number of fused-ring (bicyclic) bond motifs is 2. The van der Waals surface area contributed by atoms with Crippen molar-refractivity contribution >= 4 is 45.0 Å². The van der Waals surface area contributed by atoms with Crippen LogP contribution in [-0.4, -0.2) is 19.1 Å². The Balaban J connectivity index is 0.000000147. The maximum atomic E-state index is 13.1. The van der Waals surface area contributed by atoms with Crippen molar-refractivity contribution in [1.29, 1.82) is 0 Å². The third-order valence-electron chi connectivity index (χ3n) is 8.63. The second-order valence-corrected chi connectivity index (χ2v) is 12.7. The first kappa shape index (κ1) is 30.3. The number of benzene rings is 4. The molecule has 6 aromatic rings. The van der Waals surface area contributed by atoms with Crippen molar-refractivity contribution in [3.8, 4) is 11.4 Å². The molecule has 8 nitrogen and oxygen atoms in total. The van der Waals surface area contributed by atoms with Crippen molar-refractivity contribution in [3.63, 3.8) is 0 Å². The summed E-state index contributed by atoms with van der Waals surface area (Å²) >= 11 is 12.5. The SMILES string of the molecule is N[C@H](c1nc2cccc(Cl)c2c(=O)n1-c1ccccc1)C1CC1.N[C@H](c1nc2cccc(Cl)c2c(=O)n1-c1ccccc1)C1CC1. The van der Waals surface area contributed by atoms with Gasteiger partial charge >= 0.3 is 0 Å². The van der Waals surface area contributed by atoms with Crippen LogP contribution < -0.4 is 22.6 Å². The van der Waals surface area contributed by atoms with Gasteiger partial charge in [0, 0.05) is 0 Å². The van der Waals surface area contributed by atoms with Crippen molar-refractivity contribution in [2.75, 3.05) is 0 Å². The predicted molar refractivity (Wildman–Crippen MR) is 184 cm³/mol. The van der Waals surface area contributed by atoms with Crippen molar-refractivity contribution in [1.82, 2.24) is 19.1 Å². The van der Waals surface area contributed by atoms with Gasteiger partial charge in [-0.2, -0.15) is 0 Å². The minimum atomic E-state index is -0.244. The number of nitrogens with zero attached hydrogens (tertiary/aromatic N) is 4. The fourth-order valence-electron chi connectivity index (χ4n) is 5.85. The molecule has 0 bridgehead atoms. The zero-order valence-electron chi connectivity index (χ0n) is 24.9. The van der Waals surface area contributed by atoms with E-state index in [0.717, 1.165) is 37.1 Å². The highest BCUT2D eigenvalue weighted by Gasteiger charge is 2.34. The largest absolute Gasteiger partial charge is 0.321 e. The molecule has 2 atom stereocenters. The highest BCUT2D eigenvalue weighted by atomic mass is 35.5. The number of hydrogen-bond acceptors (Lipinski definition) is 6. The standard InChI is InChI=1S/2C18H16ClN3O/c2*19-13-7-4-8-14-15(13)18(23)22(12-5-2-1-3-6-12)17(21-14)16(20)11-9-10-11/h2*1-8,11,16H,9-10,20H2/t2*16-/m00/s1. The molecule has 0 spiro atoms. The highest BCUT2D eigenvalue weighted by Crippen LogP contribution is 2.40. The van der Waals surface area contributed by atoms with E-state index in [0.29, 0.717) is 55.3 Å². The first-order chi connectivity index (χ1) is 22.3. The van der Waals surface area contributed by atoms with Gasteiger partial charge < -0.3 is 11.5 Å². The summed E-state index contributed by atoms with van der Waals surface area (Å²) in [5, 5.41) is 1.70. The molecule has 8 rings (SSSR count). The van der Waals surface area contributed by atoms with Crippen LogP contribution in [-0.2, 0) is 0 Å². The van der Waals surface area contributed by atoms with Gasteiger partial charge in [-0.15, -0.1) is 0 Å². The van der Waals surface area contributed by atoms with Gasteiger partial charge in [0.2, 0.25) is 0 Å². The van der Waals surface area contributed by atoms with Gasteiger partial charge in [-0.3, -0.25) is 18.7 Å². The molecule has 10 heteroatoms. The van der Waals surface area contributed by atoms with Crippen LogP contribution in [0.5, 0.6) is 0 Å². The Morgan fingerprint density at radius 3 is 1.28 bits per heavy atom. The number of aromatic nitrogens is 4. The molecule has 2 aliphatic rings. The molecule has 2 heterocycles. The topological polar surface area (TPSA) is 122 Å². The van der Waals surface area contributed by atoms with E-state index in [2.05, 4.69) is 9.97 Å². The first-order valence-electron chi connectivity index (χ1n) is 15.4. The van der Waals surface area contributed by atoms with E-state index in [1.807, 2.05) is 60.7 Å². The maximum absolute atomic E-state index is 13.1. The molecule has 0 aliphatic heterocycles. The van der Waals surface area contributed by atoms with E-state index in [4.69, 9.17) is 34.7 Å². The Morgan fingerprint density at radius 2 is 0.935 bits per heavy atom. The fraction of sp³-hybridized carbons (Fsp3) is 0.222. The van der Waals surface area contributed by atoms with E-state index < -0.39 is 0 Å². The average molecular weight is 652 g/mol. The molecule has 46 heavy (non-hydrogen) atoms. The van der Waals surface area contributed by atoms with Crippen LogP contribution in [0, 0.1) is 11.8 Å². The molecule has 0 saturated heterocycles. The summed E-state index contributed by atoms with van der Waals surface area (Å²) in [7, 11) is 0. The number of rotatable bonds is 6. The molecular weight excluding hydrogens is 619 g/mol. The summed E-state index contributed by atoms with van der Waals surface area (Å²) < 4.78 is 3.22. The smallest absolute Gasteiger partial charge is 0.267 e. The van der Waals surface area contributed by atoms with Gasteiger partial charge in [-0.1, -0.05) is 71.7 Å². The molecule has 2 aromatic heterocycles. The lowest BCUT2D eigenvalue weighted by molar-refractivity contribution is 0.574. The van der Waals surface area contributed by atoms with Crippen LogP contribution in [0.15, 0.2) is 107 Å². The zero-order valence-corrected chi connectivity index (χ0v) is 26.4. The van der Waals surface area contributed by atoms with E-state index in [9.17, 15) is 9.59 Å². The monoisotopic (exact) mass is 650 g/mol. The second-order valence-electron chi connectivity index (χ2n) is 11.9. The van der Waals surface area contributed by atoms with Crippen molar-refractivity contribution < 1.29 is 0 Å². The van der Waals surface area contributed by atoms with Crippen molar-refractivity contribution in [2.24, 2.45) is 23.3 Å². The highest BCUT2D eigenvalue weighted by molar-refractivity contribution is 6.35. The third kappa shape index (κ3) is 5.74. The van der Waals surface area contributed by atoms with Crippen LogP contribution in [0.2, 0.25) is 10.0 Å². The minimum absolute atomic E-state index is 0.169. The quantitative estimate of drug-likeness (QED) is 0.202. The fourth-order valence-corrected chi connectivity index (χ4v) is 6.35. The van der Waals surface area contributed by atoms with E-state index in [-0.39, 0.29) is 23.2 Å². The van der Waals surface area contributed by atoms with Gasteiger partial charge in [-0.25, -0.2) is 9.97 Å². The molecule has 4 N–H and O–H groups in total. The predicted octanol–water partition coefficient (Wildman–Crippen LogP) is 6.90. The number of para-hydroxylation sites is 2. The van der Waals surface area contributed by atoms with E-state index in [1.54, 1.807) is 45.5 Å². The van der Waals surface area contributed by atoms with Crippen LogP contribution >= 0.6 is 23.2 Å². The summed E-state index contributed by atoms with van der Waals surface area (Å²) in [6.45, 7) is 0. The summed E-state index contributed by atoms with van der Waals surface area (Å²) in [4.78, 5) is 35.6. The molecule has 0 radical (unpaired) electrons. The summed E-state index contributed by atoms with van der Waals surface area (Å²) in [6, 6.07) is 29.1. The Kier molecular flexibility index (Phi) is 8.21. The third-order valence-corrected chi connectivity index (χ3v) is 9.26. The number of halogens is 2. The van der Waals surface area contributed by atoms with Gasteiger partial charge in [0.1, 0.15) is 11.6 Å². The summed E-state index contributed by atoms with van der Waals surface area (Å²) in [5.41, 5.74) is 15.1. The molecule has 0 amide bonds. The second kappa shape index (κ2) is 12.5. The van der Waals surface area contributed by atoms with E-state index in [1.165, 1.54) is 0 Å². The molecule has 2 fully saturated rings. The van der Waals surface area contributed by atoms with Crippen LogP contribution in [0.1, 0.15) is 49.4 Å². The van der Waals surface area contributed by atoms with Crippen molar-refractivity contribution in [2.45, 2.75) is 37.8 Å². The molecule has 2 aliphatic carbocycles. The lowest BCUT2D eigenvalue weighted by Crippen LogP contribution is -2.29. The first-order valence-corrected chi connectivity index (χ1v) is 16.1. The van der Waals surface area contributed by atoms with Gasteiger partial charge in [0.25, 0.3) is 11.1 Å². The van der Waals surface area contributed by atoms with Crippen LogP contribution in [0.3, 0.4) is 0 Å². The summed E-state index contributed by atoms with van der Waals surface area (Å²) in [5.74, 6) is 2.01. The molecule has 4 aromatic carbocycles. The number of hydrogen-bond donors (Lipinski definition) is 2. The lowest BCUT2D eigenvalue weighted by atomic mass is 10.1. The number of nitrogens with two attached hydrogens (primary N) is 2. The molecule has 0 unspecified atom stereocenters. The van der Waals surface area contributed by atoms with E-state index >= 15 is 0 Å². The van der Waals surface area contributed by atoms with Gasteiger partial charge in [0.15, 0.2) is 0 Å². The normalized spacial score (nSPS) is 15.7. The maximum Gasteiger partial charge on any atom is 0.267 e. The Bertz CT molecular complexity index is 2020. The van der Waals surface area contributed by atoms with Gasteiger partial charge in [-0.05, 0) is 86.1 Å². The molecule has 232 valence electrons. The minimum Gasteiger partial charge on any atom is -0.321 e. The average Bonchev–Trinajstić information content (AvgIpc) is 3.99. The van der Waals surface area contributed by atoms with Crippen LogP contribution in [0.4, 0.5) is 0 Å².